The number of nitrogens with zero attached hydrogens (tertiary/aromatic N) is 2. The first kappa shape index (κ1) is 12.5. The molecule has 2 rings (SSSR count). The number of piperidine rings is 1. The maximum atomic E-state index is 5.70. The number of aryl methyl sites for hydroxylation is 1. The van der Waals surface area contributed by atoms with Crippen LogP contribution < -0.4 is 5.73 Å². The average molecular weight is 233 g/mol. The second-order valence-corrected chi connectivity index (χ2v) is 4.96. The Hall–Kier alpha value is -0.930. The van der Waals surface area contributed by atoms with Gasteiger partial charge in [-0.3, -0.25) is 9.88 Å². The maximum Gasteiger partial charge on any atom is 0.0573 e. The minimum absolute atomic E-state index is 0.662. The molecule has 3 heteroatoms. The van der Waals surface area contributed by atoms with Crippen molar-refractivity contribution < 1.29 is 0 Å². The molecule has 17 heavy (non-hydrogen) atoms. The first-order valence-corrected chi connectivity index (χ1v) is 6.66. The molecular weight excluding hydrogens is 210 g/mol. The molecule has 1 aromatic rings. The zero-order valence-corrected chi connectivity index (χ0v) is 10.7. The van der Waals surface area contributed by atoms with Crippen molar-refractivity contribution in [2.24, 2.45) is 5.73 Å². The smallest absolute Gasteiger partial charge is 0.0573 e. The number of rotatable bonds is 4. The Bertz CT molecular complexity index is 349. The fourth-order valence-corrected chi connectivity index (χ4v) is 2.66. The summed E-state index contributed by atoms with van der Waals surface area (Å²) >= 11 is 0. The highest BCUT2D eigenvalue weighted by Gasteiger charge is 2.22. The molecule has 0 spiro atoms. The van der Waals surface area contributed by atoms with Crippen LogP contribution in [0, 0.1) is 6.92 Å². The van der Waals surface area contributed by atoms with Crippen LogP contribution in [0.2, 0.25) is 0 Å². The lowest BCUT2D eigenvalue weighted by Crippen LogP contribution is -2.40. The molecule has 0 radical (unpaired) electrons. The third-order valence-electron chi connectivity index (χ3n) is 3.72. The first-order valence-electron chi connectivity index (χ1n) is 6.66. The summed E-state index contributed by atoms with van der Waals surface area (Å²) in [6, 6.07) is 4.81. The van der Waals surface area contributed by atoms with Crippen molar-refractivity contribution in [3.63, 3.8) is 0 Å². The van der Waals surface area contributed by atoms with Crippen LogP contribution in [0.1, 0.15) is 36.9 Å². The van der Waals surface area contributed by atoms with E-state index in [0.29, 0.717) is 6.04 Å². The number of hydrogen-bond donors (Lipinski definition) is 1. The van der Waals surface area contributed by atoms with Gasteiger partial charge in [0.2, 0.25) is 0 Å². The zero-order chi connectivity index (χ0) is 12.1. The zero-order valence-electron chi connectivity index (χ0n) is 10.7. The van der Waals surface area contributed by atoms with Gasteiger partial charge in [-0.05, 0) is 50.9 Å². The predicted octanol–water partition coefficient (Wildman–Crippen LogP) is 2.09. The number of hydrogen-bond acceptors (Lipinski definition) is 3. The molecule has 0 saturated carbocycles. The first-order chi connectivity index (χ1) is 8.31. The summed E-state index contributed by atoms with van der Waals surface area (Å²) in [5.74, 6) is 0. The van der Waals surface area contributed by atoms with E-state index in [1.165, 1.54) is 37.1 Å². The lowest BCUT2D eigenvalue weighted by molar-refractivity contribution is 0.132. The monoisotopic (exact) mass is 233 g/mol. The molecule has 1 aliphatic heterocycles. The summed E-state index contributed by atoms with van der Waals surface area (Å²) in [4.78, 5) is 7.06. The van der Waals surface area contributed by atoms with E-state index in [4.69, 9.17) is 5.73 Å². The maximum absolute atomic E-state index is 5.70. The van der Waals surface area contributed by atoms with E-state index in [9.17, 15) is 0 Å². The highest BCUT2D eigenvalue weighted by Crippen LogP contribution is 2.21. The Kier molecular flexibility index (Phi) is 4.51. The van der Waals surface area contributed by atoms with Crippen molar-refractivity contribution in [3.05, 3.63) is 29.6 Å². The molecule has 1 unspecified atom stereocenters. The van der Waals surface area contributed by atoms with Crippen LogP contribution in [0.25, 0.3) is 0 Å². The molecule has 2 heterocycles. The number of nitrogens with two attached hydrogens (primary N) is 1. The SMILES string of the molecule is Cc1cccnc1CN1CCCCC1CCN. The molecular formula is C14H23N3. The van der Waals surface area contributed by atoms with Crippen molar-refractivity contribution in [1.29, 1.82) is 0 Å². The van der Waals surface area contributed by atoms with Crippen LogP contribution in [0.4, 0.5) is 0 Å². The van der Waals surface area contributed by atoms with Gasteiger partial charge < -0.3 is 5.73 Å². The molecule has 0 bridgehead atoms. The minimum Gasteiger partial charge on any atom is -0.330 e. The summed E-state index contributed by atoms with van der Waals surface area (Å²) in [6.45, 7) is 5.12. The van der Waals surface area contributed by atoms with Crippen LogP contribution in [0.5, 0.6) is 0 Å². The molecule has 0 aromatic carbocycles. The second kappa shape index (κ2) is 6.12. The van der Waals surface area contributed by atoms with Crippen molar-refractivity contribution in [2.45, 2.75) is 45.2 Å². The van der Waals surface area contributed by atoms with Gasteiger partial charge in [-0.2, -0.15) is 0 Å². The van der Waals surface area contributed by atoms with Gasteiger partial charge in [0.25, 0.3) is 0 Å². The van der Waals surface area contributed by atoms with Crippen molar-refractivity contribution in [1.82, 2.24) is 9.88 Å². The van der Waals surface area contributed by atoms with Crippen molar-refractivity contribution in [2.75, 3.05) is 13.1 Å². The largest absolute Gasteiger partial charge is 0.330 e. The molecule has 1 fully saturated rings. The minimum atomic E-state index is 0.662. The van der Waals surface area contributed by atoms with Crippen LogP contribution in [-0.2, 0) is 6.54 Å². The predicted molar refractivity (Wildman–Crippen MR) is 70.7 cm³/mol. The molecule has 1 saturated heterocycles. The Labute approximate surface area is 104 Å². The van der Waals surface area contributed by atoms with E-state index in [0.717, 1.165) is 19.5 Å². The van der Waals surface area contributed by atoms with E-state index < -0.39 is 0 Å². The van der Waals surface area contributed by atoms with Crippen molar-refractivity contribution in [3.8, 4) is 0 Å². The van der Waals surface area contributed by atoms with E-state index in [-0.39, 0.29) is 0 Å². The van der Waals surface area contributed by atoms with E-state index in [1.54, 1.807) is 0 Å². The van der Waals surface area contributed by atoms with Gasteiger partial charge >= 0.3 is 0 Å². The van der Waals surface area contributed by atoms with Gasteiger partial charge in [0.05, 0.1) is 5.69 Å². The van der Waals surface area contributed by atoms with Crippen LogP contribution in [-0.4, -0.2) is 29.0 Å². The summed E-state index contributed by atoms with van der Waals surface area (Å²) < 4.78 is 0. The fraction of sp³-hybridized carbons (Fsp3) is 0.643. The molecule has 94 valence electrons. The Morgan fingerprint density at radius 2 is 2.35 bits per heavy atom. The fourth-order valence-electron chi connectivity index (χ4n) is 2.66. The van der Waals surface area contributed by atoms with Crippen molar-refractivity contribution >= 4 is 0 Å². The number of pyridine rings is 1. The second-order valence-electron chi connectivity index (χ2n) is 4.96. The number of aromatic nitrogens is 1. The van der Waals surface area contributed by atoms with Gasteiger partial charge in [-0.1, -0.05) is 12.5 Å². The lowest BCUT2D eigenvalue weighted by atomic mass is 9.99. The number of likely N-dealkylation sites (tertiary alicyclic amines) is 1. The molecule has 2 N–H and O–H groups in total. The standard InChI is InChI=1S/C14H23N3/c1-12-5-4-9-16-14(12)11-17-10-3-2-6-13(17)7-8-15/h4-5,9,13H,2-3,6-8,10-11,15H2,1H3. The summed E-state index contributed by atoms with van der Waals surface area (Å²) in [6.07, 6.45) is 6.97. The molecule has 0 aliphatic carbocycles. The van der Waals surface area contributed by atoms with Gasteiger partial charge in [0.15, 0.2) is 0 Å². The Balaban J connectivity index is 2.03. The van der Waals surface area contributed by atoms with Gasteiger partial charge in [-0.25, -0.2) is 0 Å². The molecule has 3 nitrogen and oxygen atoms in total. The summed E-state index contributed by atoms with van der Waals surface area (Å²) in [7, 11) is 0. The van der Waals surface area contributed by atoms with Gasteiger partial charge in [-0.15, -0.1) is 0 Å². The van der Waals surface area contributed by atoms with Gasteiger partial charge in [0.1, 0.15) is 0 Å². The highest BCUT2D eigenvalue weighted by molar-refractivity contribution is 5.17. The summed E-state index contributed by atoms with van der Waals surface area (Å²) in [5.41, 5.74) is 8.22. The van der Waals surface area contributed by atoms with E-state index in [2.05, 4.69) is 22.9 Å². The molecule has 1 atom stereocenters. The topological polar surface area (TPSA) is 42.2 Å². The molecule has 0 amide bonds. The van der Waals surface area contributed by atoms with Crippen LogP contribution >= 0.6 is 0 Å². The molecule has 1 aliphatic rings. The third-order valence-corrected chi connectivity index (χ3v) is 3.72. The average Bonchev–Trinajstić information content (AvgIpc) is 2.35. The van der Waals surface area contributed by atoms with Gasteiger partial charge in [0, 0.05) is 18.8 Å². The van der Waals surface area contributed by atoms with Crippen LogP contribution in [0.15, 0.2) is 18.3 Å². The Morgan fingerprint density at radius 1 is 1.47 bits per heavy atom. The molecule has 1 aromatic heterocycles. The van der Waals surface area contributed by atoms with E-state index >= 15 is 0 Å². The quantitative estimate of drug-likeness (QED) is 0.866. The highest BCUT2D eigenvalue weighted by atomic mass is 15.2. The summed E-state index contributed by atoms with van der Waals surface area (Å²) in [5, 5.41) is 0. The lowest BCUT2D eigenvalue weighted by Gasteiger charge is -2.35. The van der Waals surface area contributed by atoms with Crippen LogP contribution in [0.3, 0.4) is 0 Å². The normalized spacial score (nSPS) is 21.6. The third kappa shape index (κ3) is 3.27. The Morgan fingerprint density at radius 3 is 3.12 bits per heavy atom. The van der Waals surface area contributed by atoms with E-state index in [1.807, 2.05) is 12.3 Å².